The molecular formula is C19H28. The predicted molar refractivity (Wildman–Crippen MR) is 85.8 cm³/mol. The summed E-state index contributed by atoms with van der Waals surface area (Å²) in [6, 6.07) is 0. The molecule has 0 radical (unpaired) electrons. The minimum Gasteiger partial charge on any atom is -0.0884 e. The largest absolute Gasteiger partial charge is 0.0884 e. The van der Waals surface area contributed by atoms with Crippen molar-refractivity contribution in [2.45, 2.75) is 60.8 Å². The normalized spacial score (nSPS) is 25.2. The van der Waals surface area contributed by atoms with Crippen molar-refractivity contribution in [1.82, 2.24) is 0 Å². The molecule has 0 aromatic rings. The Labute approximate surface area is 119 Å². The van der Waals surface area contributed by atoms with Gasteiger partial charge in [-0.15, -0.1) is 0 Å². The smallest absolute Gasteiger partial charge is 0.00440 e. The van der Waals surface area contributed by atoms with Crippen LogP contribution >= 0.6 is 0 Å². The molecule has 1 rings (SSSR count). The molecule has 0 saturated carbocycles. The average Bonchev–Trinajstić information content (AvgIpc) is 2.40. The Morgan fingerprint density at radius 2 is 2.00 bits per heavy atom. The molecule has 1 aliphatic rings. The molecule has 19 heavy (non-hydrogen) atoms. The molecule has 0 aliphatic heterocycles. The fourth-order valence-electron chi connectivity index (χ4n) is 2.37. The van der Waals surface area contributed by atoms with Crippen LogP contribution in [0.3, 0.4) is 0 Å². The minimum atomic E-state index is 0.617. The van der Waals surface area contributed by atoms with Gasteiger partial charge in [0.2, 0.25) is 0 Å². The molecule has 0 spiro atoms. The van der Waals surface area contributed by atoms with E-state index in [1.54, 1.807) is 0 Å². The first-order valence-electron chi connectivity index (χ1n) is 7.46. The van der Waals surface area contributed by atoms with Gasteiger partial charge in [-0.3, -0.25) is 0 Å². The number of hydrogen-bond acceptors (Lipinski definition) is 0. The first-order valence-corrected chi connectivity index (χ1v) is 7.46. The van der Waals surface area contributed by atoms with Gasteiger partial charge in [0.25, 0.3) is 0 Å². The SMILES string of the molecule is CC=C(C)CC=C(C)C#CC1=C(C)CCC(C)C1C. The van der Waals surface area contributed by atoms with Gasteiger partial charge in [-0.25, -0.2) is 0 Å². The van der Waals surface area contributed by atoms with Crippen molar-refractivity contribution in [2.75, 3.05) is 0 Å². The number of hydrogen-bond donors (Lipinski definition) is 0. The van der Waals surface area contributed by atoms with Crippen molar-refractivity contribution in [3.63, 3.8) is 0 Å². The van der Waals surface area contributed by atoms with Crippen LogP contribution in [0.25, 0.3) is 0 Å². The second-order valence-electron chi connectivity index (χ2n) is 5.97. The summed E-state index contributed by atoms with van der Waals surface area (Å²) in [6.45, 7) is 13.3. The van der Waals surface area contributed by atoms with Crippen LogP contribution in [0.2, 0.25) is 0 Å². The Kier molecular flexibility index (Phi) is 6.16. The van der Waals surface area contributed by atoms with E-state index in [0.29, 0.717) is 5.92 Å². The first kappa shape index (κ1) is 15.8. The van der Waals surface area contributed by atoms with Crippen molar-refractivity contribution < 1.29 is 0 Å². The molecule has 104 valence electrons. The van der Waals surface area contributed by atoms with Crippen molar-refractivity contribution in [1.29, 1.82) is 0 Å². The zero-order valence-corrected chi connectivity index (χ0v) is 13.4. The molecule has 0 amide bonds. The fraction of sp³-hybridized carbons (Fsp3) is 0.579. The third kappa shape index (κ3) is 4.75. The lowest BCUT2D eigenvalue weighted by molar-refractivity contribution is 0.392. The fourth-order valence-corrected chi connectivity index (χ4v) is 2.37. The lowest BCUT2D eigenvalue weighted by atomic mass is 9.77. The maximum absolute atomic E-state index is 3.43. The second kappa shape index (κ2) is 7.39. The van der Waals surface area contributed by atoms with Gasteiger partial charge in [-0.1, -0.05) is 49.0 Å². The average molecular weight is 256 g/mol. The molecule has 0 nitrogen and oxygen atoms in total. The van der Waals surface area contributed by atoms with E-state index >= 15 is 0 Å². The molecule has 0 N–H and O–H groups in total. The highest BCUT2D eigenvalue weighted by Gasteiger charge is 2.22. The van der Waals surface area contributed by atoms with Crippen LogP contribution in [-0.2, 0) is 0 Å². The number of rotatable bonds is 2. The maximum atomic E-state index is 3.43. The molecule has 2 atom stereocenters. The molecule has 0 aromatic carbocycles. The third-order valence-electron chi connectivity index (χ3n) is 4.36. The van der Waals surface area contributed by atoms with Crippen LogP contribution in [0, 0.1) is 23.7 Å². The van der Waals surface area contributed by atoms with Gasteiger partial charge in [0.15, 0.2) is 0 Å². The highest BCUT2D eigenvalue weighted by Crippen LogP contribution is 2.33. The van der Waals surface area contributed by atoms with E-state index in [-0.39, 0.29) is 0 Å². The standard InChI is InChI=1S/C19H28/c1-7-14(2)8-9-15(3)10-13-19-17(5)12-11-16(4)18(19)6/h7,9,16,18H,8,11-12H2,1-6H3. The maximum Gasteiger partial charge on any atom is 0.00440 e. The van der Waals surface area contributed by atoms with Crippen LogP contribution in [-0.4, -0.2) is 0 Å². The zero-order valence-electron chi connectivity index (χ0n) is 13.4. The Bertz CT molecular complexity index is 460. The first-order chi connectivity index (χ1) is 8.95. The molecule has 0 heterocycles. The Morgan fingerprint density at radius 3 is 2.63 bits per heavy atom. The van der Waals surface area contributed by atoms with Crippen LogP contribution in [0.5, 0.6) is 0 Å². The summed E-state index contributed by atoms with van der Waals surface area (Å²) in [4.78, 5) is 0. The predicted octanol–water partition coefficient (Wildman–Crippen LogP) is 5.67. The van der Waals surface area contributed by atoms with Gasteiger partial charge in [0.05, 0.1) is 0 Å². The minimum absolute atomic E-state index is 0.617. The van der Waals surface area contributed by atoms with E-state index < -0.39 is 0 Å². The molecule has 1 aliphatic carbocycles. The van der Waals surface area contributed by atoms with Gasteiger partial charge in [-0.2, -0.15) is 0 Å². The summed E-state index contributed by atoms with van der Waals surface area (Å²) >= 11 is 0. The van der Waals surface area contributed by atoms with Crippen LogP contribution < -0.4 is 0 Å². The highest BCUT2D eigenvalue weighted by molar-refractivity contribution is 5.42. The molecule has 2 unspecified atom stereocenters. The molecule has 0 aromatic heterocycles. The highest BCUT2D eigenvalue weighted by atomic mass is 14.3. The quantitative estimate of drug-likeness (QED) is 0.441. The van der Waals surface area contributed by atoms with E-state index in [9.17, 15) is 0 Å². The van der Waals surface area contributed by atoms with E-state index in [1.165, 1.54) is 35.1 Å². The van der Waals surface area contributed by atoms with Gasteiger partial charge < -0.3 is 0 Å². The van der Waals surface area contributed by atoms with Crippen LogP contribution in [0.4, 0.5) is 0 Å². The topological polar surface area (TPSA) is 0 Å². The Balaban J connectivity index is 2.82. The summed E-state index contributed by atoms with van der Waals surface area (Å²) < 4.78 is 0. The lowest BCUT2D eigenvalue weighted by Crippen LogP contribution is -2.16. The van der Waals surface area contributed by atoms with E-state index in [2.05, 4.69) is 65.5 Å². The Morgan fingerprint density at radius 1 is 1.32 bits per heavy atom. The van der Waals surface area contributed by atoms with Crippen molar-refractivity contribution >= 4 is 0 Å². The van der Waals surface area contributed by atoms with E-state index in [4.69, 9.17) is 0 Å². The van der Waals surface area contributed by atoms with Crippen molar-refractivity contribution in [3.05, 3.63) is 34.4 Å². The molecule has 0 saturated heterocycles. The van der Waals surface area contributed by atoms with Gasteiger partial charge in [-0.05, 0) is 64.4 Å². The van der Waals surface area contributed by atoms with Gasteiger partial charge in [0.1, 0.15) is 0 Å². The summed E-state index contributed by atoms with van der Waals surface area (Å²) in [6.07, 6.45) is 7.94. The monoisotopic (exact) mass is 256 g/mol. The third-order valence-corrected chi connectivity index (χ3v) is 4.36. The summed E-state index contributed by atoms with van der Waals surface area (Å²) in [5, 5.41) is 0. The van der Waals surface area contributed by atoms with Crippen LogP contribution in [0.1, 0.15) is 60.8 Å². The van der Waals surface area contributed by atoms with Crippen molar-refractivity contribution in [2.24, 2.45) is 11.8 Å². The molecule has 0 fully saturated rings. The lowest BCUT2D eigenvalue weighted by Gasteiger charge is -2.27. The van der Waals surface area contributed by atoms with E-state index in [1.807, 2.05) is 0 Å². The van der Waals surface area contributed by atoms with Crippen molar-refractivity contribution in [3.8, 4) is 11.8 Å². The summed E-state index contributed by atoms with van der Waals surface area (Å²) in [5.41, 5.74) is 5.47. The number of allylic oxidation sites excluding steroid dienone is 6. The zero-order chi connectivity index (χ0) is 14.4. The molecule has 0 heteroatoms. The molecule has 0 bridgehead atoms. The Hall–Kier alpha value is -1.22. The summed E-state index contributed by atoms with van der Waals surface area (Å²) in [7, 11) is 0. The van der Waals surface area contributed by atoms with Crippen LogP contribution in [0.15, 0.2) is 34.4 Å². The van der Waals surface area contributed by atoms with E-state index in [0.717, 1.165) is 12.3 Å². The molecular weight excluding hydrogens is 228 g/mol. The second-order valence-corrected chi connectivity index (χ2v) is 5.97. The summed E-state index contributed by atoms with van der Waals surface area (Å²) in [5.74, 6) is 8.16. The van der Waals surface area contributed by atoms with Gasteiger partial charge in [0, 0.05) is 5.57 Å². The van der Waals surface area contributed by atoms with Gasteiger partial charge >= 0.3 is 0 Å².